The number of fused-ring (bicyclic) bond motifs is 1. The summed E-state index contributed by atoms with van der Waals surface area (Å²) < 4.78 is 5.61. The maximum Gasteiger partial charge on any atom is 0.267 e. The smallest absolute Gasteiger partial charge is 0.267 e. The molecule has 104 valence electrons. The van der Waals surface area contributed by atoms with Crippen molar-refractivity contribution in [1.29, 1.82) is 0 Å². The molecule has 0 saturated carbocycles. The number of carbonyl (C=O) groups excluding carboxylic acids is 1. The van der Waals surface area contributed by atoms with Crippen LogP contribution in [0.4, 0.5) is 11.4 Å². The van der Waals surface area contributed by atoms with Gasteiger partial charge in [0.2, 0.25) is 0 Å². The van der Waals surface area contributed by atoms with Crippen LogP contribution in [-0.4, -0.2) is 18.6 Å². The van der Waals surface area contributed by atoms with Crippen molar-refractivity contribution in [2.75, 3.05) is 17.2 Å². The lowest BCUT2D eigenvalue weighted by atomic mass is 10.1. The molecule has 0 bridgehead atoms. The first-order valence-electron chi connectivity index (χ1n) is 6.86. The molecule has 1 heterocycles. The zero-order valence-corrected chi connectivity index (χ0v) is 11.8. The number of nitrogen functional groups attached to an aromatic ring is 1. The van der Waals surface area contributed by atoms with E-state index in [9.17, 15) is 4.79 Å². The first-order valence-corrected chi connectivity index (χ1v) is 6.86. The third-order valence-corrected chi connectivity index (χ3v) is 3.36. The summed E-state index contributed by atoms with van der Waals surface area (Å²) in [7, 11) is 0. The Morgan fingerprint density at radius 3 is 2.84 bits per heavy atom. The highest BCUT2D eigenvalue weighted by molar-refractivity contribution is 6.00. The second-order valence-electron chi connectivity index (χ2n) is 5.51. The summed E-state index contributed by atoms with van der Waals surface area (Å²) >= 11 is 0. The molecule has 19 heavy (non-hydrogen) atoms. The fourth-order valence-corrected chi connectivity index (χ4v) is 2.32. The van der Waals surface area contributed by atoms with E-state index in [2.05, 4.69) is 13.8 Å². The van der Waals surface area contributed by atoms with E-state index in [1.165, 1.54) is 0 Å². The van der Waals surface area contributed by atoms with E-state index in [1.54, 1.807) is 19.1 Å². The van der Waals surface area contributed by atoms with Crippen molar-refractivity contribution in [3.8, 4) is 5.75 Å². The second kappa shape index (κ2) is 5.51. The number of hydrogen-bond donors (Lipinski definition) is 1. The van der Waals surface area contributed by atoms with E-state index < -0.39 is 6.10 Å². The molecular weight excluding hydrogens is 240 g/mol. The average Bonchev–Trinajstić information content (AvgIpc) is 2.33. The Bertz CT molecular complexity index is 471. The maximum atomic E-state index is 12.2. The van der Waals surface area contributed by atoms with E-state index in [0.717, 1.165) is 25.1 Å². The number of rotatable bonds is 4. The first kappa shape index (κ1) is 13.7. The predicted octanol–water partition coefficient (Wildman–Crippen LogP) is 2.82. The maximum absolute atomic E-state index is 12.2. The van der Waals surface area contributed by atoms with Gasteiger partial charge in [-0.3, -0.25) is 4.79 Å². The van der Waals surface area contributed by atoms with E-state index in [1.807, 2.05) is 11.0 Å². The van der Waals surface area contributed by atoms with Gasteiger partial charge >= 0.3 is 0 Å². The molecule has 2 N–H and O–H groups in total. The summed E-state index contributed by atoms with van der Waals surface area (Å²) in [5.74, 6) is 1.39. The highest BCUT2D eigenvalue weighted by atomic mass is 16.5. The minimum Gasteiger partial charge on any atom is -0.479 e. The molecule has 0 aliphatic carbocycles. The summed E-state index contributed by atoms with van der Waals surface area (Å²) in [5, 5.41) is 0. The van der Waals surface area contributed by atoms with Crippen molar-refractivity contribution in [3.63, 3.8) is 0 Å². The number of amides is 1. The molecule has 0 spiro atoms. The molecule has 4 nitrogen and oxygen atoms in total. The molecule has 0 fully saturated rings. The quantitative estimate of drug-likeness (QED) is 0.849. The Morgan fingerprint density at radius 2 is 2.16 bits per heavy atom. The zero-order valence-electron chi connectivity index (χ0n) is 11.8. The third-order valence-electron chi connectivity index (χ3n) is 3.36. The molecule has 1 amide bonds. The van der Waals surface area contributed by atoms with E-state index >= 15 is 0 Å². The van der Waals surface area contributed by atoms with Crippen LogP contribution in [0.25, 0.3) is 0 Å². The van der Waals surface area contributed by atoms with Gasteiger partial charge in [0.1, 0.15) is 5.75 Å². The minimum atomic E-state index is -0.437. The van der Waals surface area contributed by atoms with Crippen LogP contribution in [0.1, 0.15) is 33.6 Å². The second-order valence-corrected chi connectivity index (χ2v) is 5.51. The first-order chi connectivity index (χ1) is 8.99. The number of benzene rings is 1. The van der Waals surface area contributed by atoms with Crippen LogP contribution in [0.3, 0.4) is 0 Å². The molecule has 4 heteroatoms. The van der Waals surface area contributed by atoms with Gasteiger partial charge in [0.05, 0.1) is 5.69 Å². The van der Waals surface area contributed by atoms with Crippen LogP contribution in [0.2, 0.25) is 0 Å². The molecule has 1 aliphatic rings. The van der Waals surface area contributed by atoms with Crippen LogP contribution < -0.4 is 15.4 Å². The molecular formula is C15H22N2O2. The van der Waals surface area contributed by atoms with Gasteiger partial charge in [-0.2, -0.15) is 0 Å². The van der Waals surface area contributed by atoms with Crippen molar-refractivity contribution in [3.05, 3.63) is 18.2 Å². The zero-order chi connectivity index (χ0) is 14.0. The summed E-state index contributed by atoms with van der Waals surface area (Å²) in [6.45, 7) is 6.91. The Morgan fingerprint density at radius 1 is 1.42 bits per heavy atom. The third kappa shape index (κ3) is 3.00. The fourth-order valence-electron chi connectivity index (χ4n) is 2.32. The predicted molar refractivity (Wildman–Crippen MR) is 77.4 cm³/mol. The summed E-state index contributed by atoms with van der Waals surface area (Å²) in [5.41, 5.74) is 7.25. The van der Waals surface area contributed by atoms with Gasteiger partial charge in [0.15, 0.2) is 6.10 Å². The molecule has 1 aromatic carbocycles. The van der Waals surface area contributed by atoms with Crippen molar-refractivity contribution in [1.82, 2.24) is 0 Å². The molecule has 1 atom stereocenters. The number of ether oxygens (including phenoxy) is 1. The normalized spacial score (nSPS) is 18.4. The van der Waals surface area contributed by atoms with Crippen molar-refractivity contribution in [2.24, 2.45) is 5.92 Å². The Balaban J connectivity index is 2.19. The molecule has 1 aliphatic heterocycles. The van der Waals surface area contributed by atoms with E-state index in [-0.39, 0.29) is 5.91 Å². The standard InChI is InChI=1S/C15H22N2O2/c1-10(2)5-4-8-17-13-7-6-12(16)9-14(13)19-11(3)15(17)18/h6-7,9-11H,4-5,8,16H2,1-3H3. The summed E-state index contributed by atoms with van der Waals surface area (Å²) in [6.07, 6.45) is 1.68. The number of anilines is 2. The van der Waals surface area contributed by atoms with Crippen LogP contribution >= 0.6 is 0 Å². The largest absolute Gasteiger partial charge is 0.479 e. The van der Waals surface area contributed by atoms with Gasteiger partial charge in [-0.15, -0.1) is 0 Å². The van der Waals surface area contributed by atoms with Gasteiger partial charge in [0, 0.05) is 18.3 Å². The Labute approximate surface area is 114 Å². The lowest BCUT2D eigenvalue weighted by Crippen LogP contribution is -2.44. The lowest BCUT2D eigenvalue weighted by Gasteiger charge is -2.33. The van der Waals surface area contributed by atoms with Gasteiger partial charge in [-0.05, 0) is 37.8 Å². The highest BCUT2D eigenvalue weighted by Crippen LogP contribution is 2.35. The Kier molecular flexibility index (Phi) is 3.98. The van der Waals surface area contributed by atoms with Gasteiger partial charge in [-0.25, -0.2) is 0 Å². The average molecular weight is 262 g/mol. The molecule has 0 aromatic heterocycles. The minimum absolute atomic E-state index is 0.0287. The number of nitrogens with zero attached hydrogens (tertiary/aromatic N) is 1. The molecule has 2 rings (SSSR count). The summed E-state index contributed by atoms with van der Waals surface area (Å²) in [4.78, 5) is 14.0. The monoisotopic (exact) mass is 262 g/mol. The molecule has 0 saturated heterocycles. The van der Waals surface area contributed by atoms with E-state index in [4.69, 9.17) is 10.5 Å². The Hall–Kier alpha value is -1.71. The molecule has 1 aromatic rings. The van der Waals surface area contributed by atoms with Gasteiger partial charge in [0.25, 0.3) is 5.91 Å². The van der Waals surface area contributed by atoms with Crippen LogP contribution in [0, 0.1) is 5.92 Å². The topological polar surface area (TPSA) is 55.6 Å². The number of hydrogen-bond acceptors (Lipinski definition) is 3. The van der Waals surface area contributed by atoms with Gasteiger partial charge in [-0.1, -0.05) is 13.8 Å². The molecule has 1 unspecified atom stereocenters. The van der Waals surface area contributed by atoms with Crippen LogP contribution in [0.15, 0.2) is 18.2 Å². The summed E-state index contributed by atoms with van der Waals surface area (Å²) in [6, 6.07) is 5.46. The highest BCUT2D eigenvalue weighted by Gasteiger charge is 2.31. The fraction of sp³-hybridized carbons (Fsp3) is 0.533. The van der Waals surface area contributed by atoms with Crippen molar-refractivity contribution in [2.45, 2.75) is 39.7 Å². The van der Waals surface area contributed by atoms with Gasteiger partial charge < -0.3 is 15.4 Å². The van der Waals surface area contributed by atoms with E-state index in [0.29, 0.717) is 17.4 Å². The SMILES string of the molecule is CC(C)CCCN1C(=O)C(C)Oc2cc(N)ccc21. The lowest BCUT2D eigenvalue weighted by molar-refractivity contribution is -0.125. The van der Waals surface area contributed by atoms with Crippen molar-refractivity contribution >= 4 is 17.3 Å². The molecule has 0 radical (unpaired) electrons. The van der Waals surface area contributed by atoms with Crippen LogP contribution in [0.5, 0.6) is 5.75 Å². The number of nitrogens with two attached hydrogens (primary N) is 1. The van der Waals surface area contributed by atoms with Crippen LogP contribution in [-0.2, 0) is 4.79 Å². The van der Waals surface area contributed by atoms with Crippen molar-refractivity contribution < 1.29 is 9.53 Å². The number of carbonyl (C=O) groups is 1.